The van der Waals surface area contributed by atoms with Gasteiger partial charge in [0.25, 0.3) is 5.56 Å². The van der Waals surface area contributed by atoms with E-state index in [1.165, 1.54) is 6.07 Å². The number of aliphatic hydroxyl groups excluding tert-OH is 1. The number of ether oxygens (including phenoxy) is 4. The topological polar surface area (TPSA) is 116 Å². The molecule has 1 N–H and O–H groups in total. The number of aromatic nitrogens is 2. The van der Waals surface area contributed by atoms with E-state index in [0.717, 1.165) is 5.57 Å². The molecule has 1 amide bonds. The van der Waals surface area contributed by atoms with Gasteiger partial charge in [0.1, 0.15) is 30.3 Å². The van der Waals surface area contributed by atoms with Gasteiger partial charge < -0.3 is 28.6 Å². The van der Waals surface area contributed by atoms with Crippen LogP contribution in [0.5, 0.6) is 5.75 Å². The van der Waals surface area contributed by atoms with E-state index in [9.17, 15) is 14.7 Å². The highest BCUT2D eigenvalue weighted by atomic mass is 16.6. The zero-order chi connectivity index (χ0) is 31.1. The first kappa shape index (κ1) is 32.1. The van der Waals surface area contributed by atoms with Crippen LogP contribution in [0.1, 0.15) is 40.5 Å². The molecule has 2 aromatic rings. The molecule has 0 saturated carbocycles. The summed E-state index contributed by atoms with van der Waals surface area (Å²) in [6, 6.07) is 4.57. The Morgan fingerprint density at radius 1 is 1.26 bits per heavy atom. The van der Waals surface area contributed by atoms with Gasteiger partial charge in [-0.05, 0) is 46.3 Å². The molecule has 1 saturated heterocycles. The molecule has 4 rings (SSSR count). The number of hydrogen-bond acceptors (Lipinski definition) is 9. The predicted molar refractivity (Wildman–Crippen MR) is 164 cm³/mol. The summed E-state index contributed by atoms with van der Waals surface area (Å²) in [6.07, 6.45) is 5.04. The van der Waals surface area contributed by atoms with Crippen molar-refractivity contribution in [2.45, 2.75) is 64.8 Å². The minimum atomic E-state index is -0.815. The SMILES string of the molecule is C=CCC1=C(/C=C(\C)CN(C(=O)OC(C)(C)C)[C@@H]2CCN(CCn3c(=O)ccc4ncc(OC)cc43)CC2O)OCCO1. The van der Waals surface area contributed by atoms with Gasteiger partial charge in [0.2, 0.25) is 0 Å². The molecule has 2 aliphatic heterocycles. The van der Waals surface area contributed by atoms with Crippen molar-refractivity contribution in [1.82, 2.24) is 19.4 Å². The number of piperidine rings is 1. The van der Waals surface area contributed by atoms with Gasteiger partial charge in [-0.15, -0.1) is 6.58 Å². The first-order valence-electron chi connectivity index (χ1n) is 14.7. The number of carbonyl (C=O) groups excluding carboxylic acids is 1. The van der Waals surface area contributed by atoms with Crippen LogP contribution in [0.4, 0.5) is 4.79 Å². The number of likely N-dealkylation sites (tertiary alicyclic amines) is 1. The minimum absolute atomic E-state index is 0.130. The second kappa shape index (κ2) is 14.1. The summed E-state index contributed by atoms with van der Waals surface area (Å²) in [5, 5.41) is 11.3. The van der Waals surface area contributed by atoms with Crippen molar-refractivity contribution in [3.05, 3.63) is 70.6 Å². The lowest BCUT2D eigenvalue weighted by atomic mass is 9.99. The highest BCUT2D eigenvalue weighted by molar-refractivity contribution is 5.75. The summed E-state index contributed by atoms with van der Waals surface area (Å²) < 4.78 is 24.3. The standard InChI is InChI=1S/C32H44N4O7/c1-7-8-28-29(42-16-15-41-28)17-22(2)20-36(31(39)43-32(3,4)5)25-11-12-34(21-27(25)37)13-14-35-26-18-23(40-6)19-33-24(26)9-10-30(35)38/h7,9-10,17-19,25,27,37H,1,8,11-16,20-21H2,2-6H3/b22-17+/t25-,27?/m1/s1. The number of carbonyl (C=O) groups is 1. The molecule has 0 bridgehead atoms. The Hall–Kier alpha value is -3.83. The summed E-state index contributed by atoms with van der Waals surface area (Å²) in [5.74, 6) is 1.91. The van der Waals surface area contributed by atoms with Crippen LogP contribution in [0, 0.1) is 0 Å². The fraction of sp³-hybridized carbons (Fsp3) is 0.531. The number of allylic oxidation sites excluding steroid dienone is 2. The molecule has 11 nitrogen and oxygen atoms in total. The average Bonchev–Trinajstić information content (AvgIpc) is 2.95. The van der Waals surface area contributed by atoms with E-state index in [-0.39, 0.29) is 12.1 Å². The smallest absolute Gasteiger partial charge is 0.410 e. The molecule has 2 atom stereocenters. The molecular formula is C32H44N4O7. The van der Waals surface area contributed by atoms with Crippen molar-refractivity contribution in [2.75, 3.05) is 46.5 Å². The van der Waals surface area contributed by atoms with E-state index >= 15 is 0 Å². The third-order valence-electron chi connectivity index (χ3n) is 7.37. The van der Waals surface area contributed by atoms with Gasteiger partial charge in [-0.3, -0.25) is 19.6 Å². The maximum Gasteiger partial charge on any atom is 0.410 e. The van der Waals surface area contributed by atoms with Crippen LogP contribution in [0.25, 0.3) is 11.0 Å². The first-order chi connectivity index (χ1) is 20.5. The number of amides is 1. The van der Waals surface area contributed by atoms with Gasteiger partial charge in [-0.1, -0.05) is 11.6 Å². The Bertz CT molecular complexity index is 1430. The van der Waals surface area contributed by atoms with Gasteiger partial charge in [-0.2, -0.15) is 0 Å². The van der Waals surface area contributed by atoms with Crippen LogP contribution in [-0.2, 0) is 20.8 Å². The van der Waals surface area contributed by atoms with Crippen LogP contribution < -0.4 is 10.3 Å². The van der Waals surface area contributed by atoms with Gasteiger partial charge >= 0.3 is 6.09 Å². The highest BCUT2D eigenvalue weighted by Gasteiger charge is 2.36. The number of nitrogens with zero attached hydrogens (tertiary/aromatic N) is 4. The Balaban J connectivity index is 1.48. The molecule has 11 heteroatoms. The van der Waals surface area contributed by atoms with Crippen molar-refractivity contribution >= 4 is 17.1 Å². The molecule has 0 aromatic carbocycles. The second-order valence-electron chi connectivity index (χ2n) is 11.9. The summed E-state index contributed by atoms with van der Waals surface area (Å²) in [4.78, 5) is 34.3. The van der Waals surface area contributed by atoms with Crippen molar-refractivity contribution in [3.63, 3.8) is 0 Å². The lowest BCUT2D eigenvalue weighted by Gasteiger charge is -2.42. The zero-order valence-corrected chi connectivity index (χ0v) is 25.9. The summed E-state index contributed by atoms with van der Waals surface area (Å²) in [6.45, 7) is 14.3. The fourth-order valence-electron chi connectivity index (χ4n) is 5.34. The third-order valence-corrected chi connectivity index (χ3v) is 7.37. The van der Waals surface area contributed by atoms with E-state index < -0.39 is 23.8 Å². The summed E-state index contributed by atoms with van der Waals surface area (Å²) in [7, 11) is 1.56. The van der Waals surface area contributed by atoms with E-state index in [1.54, 1.807) is 41.0 Å². The van der Waals surface area contributed by atoms with Crippen LogP contribution in [-0.4, -0.2) is 94.8 Å². The lowest BCUT2D eigenvalue weighted by molar-refractivity contribution is -0.0301. The minimum Gasteiger partial charge on any atom is -0.495 e. The molecule has 0 aliphatic carbocycles. The molecule has 0 radical (unpaired) electrons. The number of rotatable bonds is 10. The molecule has 4 heterocycles. The van der Waals surface area contributed by atoms with E-state index in [0.29, 0.717) is 80.5 Å². The average molecular weight is 597 g/mol. The number of methoxy groups -OCH3 is 1. The molecule has 0 spiro atoms. The highest BCUT2D eigenvalue weighted by Crippen LogP contribution is 2.24. The maximum atomic E-state index is 13.4. The molecule has 1 fully saturated rings. The number of fused-ring (bicyclic) bond motifs is 1. The van der Waals surface area contributed by atoms with Crippen molar-refractivity contribution in [2.24, 2.45) is 0 Å². The van der Waals surface area contributed by atoms with Crippen LogP contribution in [0.15, 0.2) is 65.0 Å². The zero-order valence-electron chi connectivity index (χ0n) is 25.9. The third kappa shape index (κ3) is 8.39. The van der Waals surface area contributed by atoms with E-state index in [2.05, 4.69) is 16.5 Å². The predicted octanol–water partition coefficient (Wildman–Crippen LogP) is 3.86. The summed E-state index contributed by atoms with van der Waals surface area (Å²) >= 11 is 0. The lowest BCUT2D eigenvalue weighted by Crippen LogP contribution is -2.57. The number of hydrogen-bond donors (Lipinski definition) is 1. The molecule has 234 valence electrons. The van der Waals surface area contributed by atoms with Crippen LogP contribution in [0.2, 0.25) is 0 Å². The van der Waals surface area contributed by atoms with Crippen molar-refractivity contribution < 1.29 is 28.8 Å². The normalized spacial score (nSPS) is 19.9. The molecule has 43 heavy (non-hydrogen) atoms. The van der Waals surface area contributed by atoms with E-state index in [1.807, 2.05) is 33.8 Å². The van der Waals surface area contributed by atoms with Gasteiger partial charge in [0, 0.05) is 51.3 Å². The van der Waals surface area contributed by atoms with Gasteiger partial charge in [0.15, 0.2) is 5.76 Å². The number of β-amino-alcohol motifs (C(OH)–C–C–N with tert-alkyl or cyclic N) is 1. The fourth-order valence-corrected chi connectivity index (χ4v) is 5.34. The number of pyridine rings is 2. The first-order valence-corrected chi connectivity index (χ1v) is 14.7. The largest absolute Gasteiger partial charge is 0.495 e. The number of aliphatic hydroxyl groups is 1. The Morgan fingerprint density at radius 3 is 2.72 bits per heavy atom. The van der Waals surface area contributed by atoms with E-state index in [4.69, 9.17) is 18.9 Å². The Labute approximate surface area is 253 Å². The van der Waals surface area contributed by atoms with Gasteiger partial charge in [0.05, 0.1) is 36.5 Å². The van der Waals surface area contributed by atoms with Crippen molar-refractivity contribution in [1.29, 1.82) is 0 Å². The molecule has 1 unspecified atom stereocenters. The Kier molecular flexibility index (Phi) is 10.5. The maximum absolute atomic E-state index is 13.4. The summed E-state index contributed by atoms with van der Waals surface area (Å²) in [5.41, 5.74) is 1.44. The second-order valence-corrected chi connectivity index (χ2v) is 11.9. The molecule has 2 aliphatic rings. The van der Waals surface area contributed by atoms with Crippen molar-refractivity contribution in [3.8, 4) is 5.75 Å². The quantitative estimate of drug-likeness (QED) is 0.408. The Morgan fingerprint density at radius 2 is 2.02 bits per heavy atom. The molecule has 2 aromatic heterocycles. The van der Waals surface area contributed by atoms with Crippen LogP contribution >= 0.6 is 0 Å². The monoisotopic (exact) mass is 596 g/mol. The van der Waals surface area contributed by atoms with Gasteiger partial charge in [-0.25, -0.2) is 4.79 Å². The molecular weight excluding hydrogens is 552 g/mol. The van der Waals surface area contributed by atoms with Crippen LogP contribution in [0.3, 0.4) is 0 Å².